The Kier molecular flexibility index (Phi) is 3.77. The first-order valence-electron chi connectivity index (χ1n) is 7.11. The van der Waals surface area contributed by atoms with E-state index in [1.807, 2.05) is 12.3 Å². The Bertz CT molecular complexity index is 889. The van der Waals surface area contributed by atoms with E-state index in [2.05, 4.69) is 26.0 Å². The predicted octanol–water partition coefficient (Wildman–Crippen LogP) is 2.66. The molecule has 3 rings (SSSR count). The van der Waals surface area contributed by atoms with Gasteiger partial charge in [-0.25, -0.2) is 0 Å². The summed E-state index contributed by atoms with van der Waals surface area (Å²) in [5.74, 6) is -0.478. The maximum Gasteiger partial charge on any atom is 0.250 e. The summed E-state index contributed by atoms with van der Waals surface area (Å²) in [4.78, 5) is 14.8. The Morgan fingerprint density at radius 3 is 2.87 bits per heavy atom. The van der Waals surface area contributed by atoms with Gasteiger partial charge in [0, 0.05) is 27.3 Å². The van der Waals surface area contributed by atoms with Crippen molar-refractivity contribution in [3.05, 3.63) is 40.6 Å². The highest BCUT2D eigenvalue weighted by molar-refractivity contribution is 9.10. The summed E-state index contributed by atoms with van der Waals surface area (Å²) in [7, 11) is 0. The number of H-pyrrole nitrogens is 1. The van der Waals surface area contributed by atoms with Crippen molar-refractivity contribution in [2.75, 3.05) is 0 Å². The van der Waals surface area contributed by atoms with Gasteiger partial charge in [-0.05, 0) is 32.0 Å². The van der Waals surface area contributed by atoms with Gasteiger partial charge in [0.2, 0.25) is 0 Å². The molecule has 3 aromatic rings. The lowest BCUT2D eigenvalue weighted by Gasteiger charge is -2.16. The number of primary amides is 1. The maximum absolute atomic E-state index is 11.6. The van der Waals surface area contributed by atoms with Crippen LogP contribution in [0.5, 0.6) is 0 Å². The Morgan fingerprint density at radius 2 is 2.22 bits per heavy atom. The Balaban J connectivity index is 2.06. The lowest BCUT2D eigenvalue weighted by Crippen LogP contribution is -2.26. The van der Waals surface area contributed by atoms with Crippen molar-refractivity contribution in [2.45, 2.75) is 26.0 Å². The van der Waals surface area contributed by atoms with Crippen molar-refractivity contribution in [1.29, 1.82) is 0 Å². The Morgan fingerprint density at radius 1 is 1.48 bits per heavy atom. The molecule has 6 nitrogen and oxygen atoms in total. The van der Waals surface area contributed by atoms with E-state index in [-0.39, 0.29) is 0 Å². The monoisotopic (exact) mass is 376 g/mol. The van der Waals surface area contributed by atoms with Crippen molar-refractivity contribution < 1.29 is 9.90 Å². The molecule has 4 N–H and O–H groups in total. The lowest BCUT2D eigenvalue weighted by molar-refractivity contribution is 0.0577. The van der Waals surface area contributed by atoms with Crippen molar-refractivity contribution in [1.82, 2.24) is 14.8 Å². The highest BCUT2D eigenvalue weighted by Crippen LogP contribution is 2.31. The molecule has 0 aliphatic heterocycles. The topological polar surface area (TPSA) is 96.9 Å². The minimum atomic E-state index is -0.841. The average Bonchev–Trinajstić information content (AvgIpc) is 3.03. The van der Waals surface area contributed by atoms with Gasteiger partial charge < -0.3 is 15.8 Å². The fraction of sp³-hybridized carbons (Fsp3) is 0.250. The number of aromatic nitrogens is 3. The summed E-state index contributed by atoms with van der Waals surface area (Å²) in [5, 5.41) is 15.0. The third kappa shape index (κ3) is 3.16. The molecule has 0 fully saturated rings. The van der Waals surface area contributed by atoms with Gasteiger partial charge in [0.25, 0.3) is 5.91 Å². The molecular weight excluding hydrogens is 360 g/mol. The van der Waals surface area contributed by atoms with Gasteiger partial charge in [0.1, 0.15) is 0 Å². The van der Waals surface area contributed by atoms with Crippen molar-refractivity contribution in [3.8, 4) is 11.3 Å². The maximum atomic E-state index is 11.6. The number of nitrogens with one attached hydrogen (secondary N) is 1. The number of hydrogen-bond donors (Lipinski definition) is 3. The number of carbonyl (C=O) groups excluding carboxylic acids is 1. The Labute approximate surface area is 141 Å². The molecule has 0 saturated heterocycles. The van der Waals surface area contributed by atoms with E-state index in [9.17, 15) is 9.90 Å². The standard InChI is InChI=1S/C16H17BrN4O2/c1-16(2,23)8-21-7-9(6-19-21)13-5-11-12(17)4-3-10(15(18)22)14(11)20-13/h3-7,20,23H,8H2,1-2H3,(H2,18,22). The van der Waals surface area contributed by atoms with Crippen LogP contribution >= 0.6 is 15.9 Å². The smallest absolute Gasteiger partial charge is 0.250 e. The number of nitrogens with two attached hydrogens (primary N) is 1. The molecule has 0 atom stereocenters. The number of nitrogens with zero attached hydrogens (tertiary/aromatic N) is 2. The number of amides is 1. The first kappa shape index (κ1) is 15.8. The van der Waals surface area contributed by atoms with Crippen LogP contribution in [0.3, 0.4) is 0 Å². The second-order valence-electron chi connectivity index (χ2n) is 6.17. The largest absolute Gasteiger partial charge is 0.389 e. The second-order valence-corrected chi connectivity index (χ2v) is 7.02. The van der Waals surface area contributed by atoms with Gasteiger partial charge in [-0.1, -0.05) is 15.9 Å². The van der Waals surface area contributed by atoms with Crippen LogP contribution in [0.2, 0.25) is 0 Å². The number of aliphatic hydroxyl groups is 1. The number of halogens is 1. The summed E-state index contributed by atoms with van der Waals surface area (Å²) in [6, 6.07) is 5.43. The number of benzene rings is 1. The molecule has 1 amide bonds. The van der Waals surface area contributed by atoms with Crippen LogP contribution in [0.1, 0.15) is 24.2 Å². The molecule has 2 aromatic heterocycles. The van der Waals surface area contributed by atoms with Crippen molar-refractivity contribution >= 4 is 32.7 Å². The van der Waals surface area contributed by atoms with E-state index < -0.39 is 11.5 Å². The van der Waals surface area contributed by atoms with Crippen LogP contribution in [0.25, 0.3) is 22.2 Å². The SMILES string of the molecule is CC(C)(O)Cn1cc(-c2cc3c(Br)ccc(C(N)=O)c3[nH]2)cn1. The van der Waals surface area contributed by atoms with Gasteiger partial charge in [-0.3, -0.25) is 9.48 Å². The highest BCUT2D eigenvalue weighted by Gasteiger charge is 2.16. The van der Waals surface area contributed by atoms with E-state index in [0.717, 1.165) is 21.1 Å². The second kappa shape index (κ2) is 5.50. The van der Waals surface area contributed by atoms with Gasteiger partial charge >= 0.3 is 0 Å². The van der Waals surface area contributed by atoms with Crippen LogP contribution in [-0.2, 0) is 6.54 Å². The zero-order chi connectivity index (χ0) is 16.8. The molecule has 23 heavy (non-hydrogen) atoms. The van der Waals surface area contributed by atoms with Crippen LogP contribution in [-0.4, -0.2) is 31.4 Å². The minimum Gasteiger partial charge on any atom is -0.389 e. The number of rotatable bonds is 4. The zero-order valence-corrected chi connectivity index (χ0v) is 14.4. The summed E-state index contributed by atoms with van der Waals surface area (Å²) >= 11 is 3.48. The van der Waals surface area contributed by atoms with Gasteiger partial charge in [0.05, 0.1) is 29.4 Å². The molecule has 0 spiro atoms. The first-order valence-corrected chi connectivity index (χ1v) is 7.90. The zero-order valence-electron chi connectivity index (χ0n) is 12.8. The quantitative estimate of drug-likeness (QED) is 0.652. The van der Waals surface area contributed by atoms with Crippen LogP contribution in [0.4, 0.5) is 0 Å². The molecule has 120 valence electrons. The van der Waals surface area contributed by atoms with Crippen LogP contribution in [0, 0.1) is 0 Å². The number of fused-ring (bicyclic) bond motifs is 1. The summed E-state index contributed by atoms with van der Waals surface area (Å²) in [5.41, 5.74) is 7.42. The first-order chi connectivity index (χ1) is 10.7. The molecule has 0 unspecified atom stereocenters. The number of carbonyl (C=O) groups is 1. The van der Waals surface area contributed by atoms with E-state index >= 15 is 0 Å². The van der Waals surface area contributed by atoms with Crippen LogP contribution in [0.15, 0.2) is 35.1 Å². The number of aromatic amines is 1. The molecule has 0 radical (unpaired) electrons. The van der Waals surface area contributed by atoms with Crippen LogP contribution < -0.4 is 5.73 Å². The minimum absolute atomic E-state index is 0.392. The van der Waals surface area contributed by atoms with E-state index in [1.54, 1.807) is 36.9 Å². The molecule has 2 heterocycles. The van der Waals surface area contributed by atoms with E-state index in [0.29, 0.717) is 17.6 Å². The van der Waals surface area contributed by atoms with Gasteiger partial charge in [-0.2, -0.15) is 5.10 Å². The molecule has 7 heteroatoms. The highest BCUT2D eigenvalue weighted by atomic mass is 79.9. The molecule has 0 saturated carbocycles. The third-order valence-corrected chi connectivity index (χ3v) is 4.19. The molecule has 0 aliphatic rings. The fourth-order valence-corrected chi connectivity index (χ4v) is 2.98. The van der Waals surface area contributed by atoms with Gasteiger partial charge in [-0.15, -0.1) is 0 Å². The van der Waals surface area contributed by atoms with Crippen molar-refractivity contribution in [2.24, 2.45) is 5.73 Å². The normalized spacial score (nSPS) is 12.0. The van der Waals surface area contributed by atoms with Gasteiger partial charge in [0.15, 0.2) is 0 Å². The molecular formula is C16H17BrN4O2. The fourth-order valence-electron chi connectivity index (χ4n) is 2.53. The molecule has 0 bridgehead atoms. The molecule has 1 aromatic carbocycles. The summed E-state index contributed by atoms with van der Waals surface area (Å²) in [6.07, 6.45) is 3.56. The Hall–Kier alpha value is -2.12. The van der Waals surface area contributed by atoms with Crippen molar-refractivity contribution in [3.63, 3.8) is 0 Å². The van der Waals surface area contributed by atoms with E-state index in [1.165, 1.54) is 0 Å². The predicted molar refractivity (Wildman–Crippen MR) is 92.0 cm³/mol. The lowest BCUT2D eigenvalue weighted by atomic mass is 10.1. The van der Waals surface area contributed by atoms with E-state index in [4.69, 9.17) is 5.73 Å². The summed E-state index contributed by atoms with van der Waals surface area (Å²) < 4.78 is 2.56. The molecule has 0 aliphatic carbocycles. The third-order valence-electron chi connectivity index (χ3n) is 3.50. The summed E-state index contributed by atoms with van der Waals surface area (Å²) in [6.45, 7) is 3.85. The average molecular weight is 377 g/mol. The number of hydrogen-bond acceptors (Lipinski definition) is 3.